The second kappa shape index (κ2) is 9.58. The van der Waals surface area contributed by atoms with Crippen molar-refractivity contribution in [1.29, 1.82) is 0 Å². The van der Waals surface area contributed by atoms with E-state index in [4.69, 9.17) is 14.2 Å². The third-order valence-electron chi connectivity index (χ3n) is 5.61. The summed E-state index contributed by atoms with van der Waals surface area (Å²) >= 11 is 0. The van der Waals surface area contributed by atoms with Gasteiger partial charge in [-0.15, -0.1) is 0 Å². The van der Waals surface area contributed by atoms with E-state index >= 15 is 0 Å². The van der Waals surface area contributed by atoms with Crippen LogP contribution in [0, 0.1) is 0 Å². The monoisotopic (exact) mass is 460 g/mol. The largest absolute Gasteiger partial charge is 0.484 e. The third-order valence-corrected chi connectivity index (χ3v) is 6.74. The van der Waals surface area contributed by atoms with Crippen LogP contribution in [-0.2, 0) is 30.7 Å². The third kappa shape index (κ3) is 5.66. The first kappa shape index (κ1) is 22.7. The van der Waals surface area contributed by atoms with Gasteiger partial charge in [0, 0.05) is 25.9 Å². The zero-order valence-electron chi connectivity index (χ0n) is 18.1. The first-order chi connectivity index (χ1) is 15.3. The van der Waals surface area contributed by atoms with Crippen LogP contribution in [0.1, 0.15) is 5.56 Å². The molecular weight excluding hydrogens is 432 g/mol. The maximum absolute atomic E-state index is 12.7. The number of amides is 1. The van der Waals surface area contributed by atoms with Crippen LogP contribution in [0.4, 0.5) is 0 Å². The lowest BCUT2D eigenvalue weighted by Crippen LogP contribution is -2.63. The molecule has 2 aliphatic rings. The number of para-hydroxylation sites is 1. The predicted octanol–water partition coefficient (Wildman–Crippen LogP) is 1.56. The summed E-state index contributed by atoms with van der Waals surface area (Å²) in [6.07, 6.45) is 1.20. The zero-order valence-corrected chi connectivity index (χ0v) is 18.9. The number of benzene rings is 2. The number of ether oxygens (including phenoxy) is 3. The summed E-state index contributed by atoms with van der Waals surface area (Å²) in [4.78, 5) is 17.0. The average molecular weight is 461 g/mol. The van der Waals surface area contributed by atoms with Gasteiger partial charge in [-0.05, 0) is 29.8 Å². The second-order valence-corrected chi connectivity index (χ2v) is 10.2. The molecule has 2 aromatic rings. The van der Waals surface area contributed by atoms with E-state index in [2.05, 4.69) is 4.90 Å². The molecule has 2 aliphatic heterocycles. The molecule has 32 heavy (non-hydrogen) atoms. The van der Waals surface area contributed by atoms with Gasteiger partial charge in [-0.2, -0.15) is 0 Å². The Morgan fingerprint density at radius 3 is 2.38 bits per heavy atom. The maximum atomic E-state index is 12.7. The molecule has 0 N–H and O–H groups in total. The van der Waals surface area contributed by atoms with E-state index < -0.39 is 15.6 Å². The van der Waals surface area contributed by atoms with E-state index in [0.717, 1.165) is 12.1 Å². The molecule has 2 saturated heterocycles. The van der Waals surface area contributed by atoms with Crippen LogP contribution >= 0.6 is 0 Å². The van der Waals surface area contributed by atoms with Gasteiger partial charge < -0.3 is 19.1 Å². The van der Waals surface area contributed by atoms with Crippen LogP contribution in [-0.4, -0.2) is 82.2 Å². The molecule has 0 bridgehead atoms. The molecule has 4 rings (SSSR count). The van der Waals surface area contributed by atoms with Gasteiger partial charge in [0.15, 0.2) is 22.2 Å². The van der Waals surface area contributed by atoms with Gasteiger partial charge in [0.1, 0.15) is 5.75 Å². The van der Waals surface area contributed by atoms with Crippen LogP contribution in [0.15, 0.2) is 59.5 Å². The van der Waals surface area contributed by atoms with Gasteiger partial charge in [0.25, 0.3) is 5.91 Å². The molecule has 0 aromatic heterocycles. The molecule has 8 nitrogen and oxygen atoms in total. The summed E-state index contributed by atoms with van der Waals surface area (Å²) in [7, 11) is -3.21. The van der Waals surface area contributed by atoms with Crippen molar-refractivity contribution in [2.24, 2.45) is 0 Å². The smallest absolute Gasteiger partial charge is 0.260 e. The molecule has 9 heteroatoms. The fourth-order valence-corrected chi connectivity index (χ4v) is 4.60. The van der Waals surface area contributed by atoms with Crippen molar-refractivity contribution in [1.82, 2.24) is 9.80 Å². The molecule has 0 saturated carbocycles. The summed E-state index contributed by atoms with van der Waals surface area (Å²) in [6.45, 7) is 3.58. The van der Waals surface area contributed by atoms with Crippen LogP contribution in [0.25, 0.3) is 0 Å². The summed E-state index contributed by atoms with van der Waals surface area (Å²) in [6, 6.07) is 16.2. The van der Waals surface area contributed by atoms with E-state index in [-0.39, 0.29) is 12.5 Å². The normalized spacial score (nSPS) is 22.1. The molecule has 172 valence electrons. The number of nitrogens with zero attached hydrogens (tertiary/aromatic N) is 2. The van der Waals surface area contributed by atoms with Crippen LogP contribution in [0.3, 0.4) is 0 Å². The topological polar surface area (TPSA) is 85.4 Å². The van der Waals surface area contributed by atoms with Gasteiger partial charge in [0.05, 0.1) is 31.2 Å². The minimum atomic E-state index is -3.21. The van der Waals surface area contributed by atoms with Crippen molar-refractivity contribution in [3.05, 3.63) is 60.2 Å². The predicted molar refractivity (Wildman–Crippen MR) is 118 cm³/mol. The van der Waals surface area contributed by atoms with Gasteiger partial charge >= 0.3 is 0 Å². The Bertz CT molecular complexity index is 1020. The highest BCUT2D eigenvalue weighted by Crippen LogP contribution is 2.26. The number of hydrogen-bond donors (Lipinski definition) is 0. The Labute approximate surface area is 188 Å². The molecule has 0 aliphatic carbocycles. The highest BCUT2D eigenvalue weighted by atomic mass is 32.2. The lowest BCUT2D eigenvalue weighted by Gasteiger charge is -2.47. The van der Waals surface area contributed by atoms with Crippen LogP contribution < -0.4 is 4.74 Å². The number of carbonyl (C=O) groups excluding carboxylic acids is 1. The number of rotatable bonds is 6. The molecule has 2 aromatic carbocycles. The minimum Gasteiger partial charge on any atom is -0.484 e. The van der Waals surface area contributed by atoms with E-state index in [1.807, 2.05) is 42.5 Å². The fraction of sp³-hybridized carbons (Fsp3) is 0.435. The summed E-state index contributed by atoms with van der Waals surface area (Å²) < 4.78 is 40.9. The van der Waals surface area contributed by atoms with E-state index in [1.165, 1.54) is 6.26 Å². The highest BCUT2D eigenvalue weighted by molar-refractivity contribution is 7.90. The number of carbonyl (C=O) groups is 1. The Balaban J connectivity index is 1.35. The van der Waals surface area contributed by atoms with E-state index in [0.29, 0.717) is 50.0 Å². The molecule has 2 heterocycles. The fourth-order valence-electron chi connectivity index (χ4n) is 3.97. The van der Waals surface area contributed by atoms with Gasteiger partial charge in [-0.3, -0.25) is 9.69 Å². The van der Waals surface area contributed by atoms with Crippen LogP contribution in [0.5, 0.6) is 5.75 Å². The lowest BCUT2D eigenvalue weighted by atomic mass is 10.1. The number of hydrogen-bond acceptors (Lipinski definition) is 7. The number of sulfone groups is 1. The van der Waals surface area contributed by atoms with E-state index in [1.54, 1.807) is 17.0 Å². The standard InChI is InChI=1S/C23H28N2O6S/c1-32(27,28)21-9-7-19(8-10-21)15-24-11-13-30-23(17-24)18-25(12-14-31-23)22(26)16-29-20-5-3-2-4-6-20/h2-10H,11-18H2,1H3. The lowest BCUT2D eigenvalue weighted by molar-refractivity contribution is -0.290. The zero-order chi connectivity index (χ0) is 22.6. The van der Waals surface area contributed by atoms with E-state index in [9.17, 15) is 13.2 Å². The first-order valence-electron chi connectivity index (χ1n) is 10.6. The molecule has 1 amide bonds. The highest BCUT2D eigenvalue weighted by Gasteiger charge is 2.43. The SMILES string of the molecule is CS(=O)(=O)c1ccc(CN2CCOC3(C2)CN(C(=O)COc2ccccc2)CCO3)cc1. The maximum Gasteiger partial charge on any atom is 0.260 e. The number of morpholine rings is 2. The van der Waals surface area contributed by atoms with Gasteiger partial charge in [0.2, 0.25) is 0 Å². The van der Waals surface area contributed by atoms with Gasteiger partial charge in [-0.1, -0.05) is 30.3 Å². The first-order valence-corrected chi connectivity index (χ1v) is 12.5. The Morgan fingerprint density at radius 1 is 1.00 bits per heavy atom. The van der Waals surface area contributed by atoms with Crippen molar-refractivity contribution >= 4 is 15.7 Å². The summed E-state index contributed by atoms with van der Waals surface area (Å²) in [5, 5.41) is 0. The summed E-state index contributed by atoms with van der Waals surface area (Å²) in [5.41, 5.74) is 1.01. The average Bonchev–Trinajstić information content (AvgIpc) is 2.78. The van der Waals surface area contributed by atoms with Crippen molar-refractivity contribution in [2.75, 3.05) is 52.3 Å². The Morgan fingerprint density at radius 2 is 1.69 bits per heavy atom. The molecule has 1 spiro atoms. The summed E-state index contributed by atoms with van der Waals surface area (Å²) in [5.74, 6) is -0.314. The molecular formula is C23H28N2O6S. The molecule has 1 atom stereocenters. The van der Waals surface area contributed by atoms with Crippen molar-refractivity contribution in [2.45, 2.75) is 17.2 Å². The van der Waals surface area contributed by atoms with Crippen LogP contribution in [0.2, 0.25) is 0 Å². The Hall–Kier alpha value is -2.46. The van der Waals surface area contributed by atoms with Gasteiger partial charge in [-0.25, -0.2) is 8.42 Å². The second-order valence-electron chi connectivity index (χ2n) is 8.15. The molecule has 0 radical (unpaired) electrons. The molecule has 1 unspecified atom stereocenters. The van der Waals surface area contributed by atoms with Crippen molar-refractivity contribution < 1.29 is 27.4 Å². The Kier molecular flexibility index (Phi) is 6.80. The van der Waals surface area contributed by atoms with Crippen molar-refractivity contribution in [3.8, 4) is 5.75 Å². The van der Waals surface area contributed by atoms with Crippen molar-refractivity contribution in [3.63, 3.8) is 0 Å². The minimum absolute atomic E-state index is 0.0313. The quantitative estimate of drug-likeness (QED) is 0.647. The molecule has 2 fully saturated rings.